The van der Waals surface area contributed by atoms with E-state index in [1.165, 1.54) is 4.90 Å². The lowest BCUT2D eigenvalue weighted by molar-refractivity contribution is -0.151. The lowest BCUT2D eigenvalue weighted by atomic mass is 9.70. The van der Waals surface area contributed by atoms with Crippen LogP contribution in [0.3, 0.4) is 0 Å². The SMILES string of the molecule is C=CCN(C(=O)[C@@H]1[C@H]2C(=O)N([C@H](C)CO)C(C(=O)N(CC=C)C(C)C)C23CC[C@H]1O3)c1ccc(OCC)cc1. The third-order valence-corrected chi connectivity index (χ3v) is 8.27. The maximum absolute atomic E-state index is 14.2. The molecule has 3 heterocycles. The largest absolute Gasteiger partial charge is 0.494 e. The lowest BCUT2D eigenvalue weighted by Crippen LogP contribution is -2.59. The number of ether oxygens (including phenoxy) is 2. The lowest BCUT2D eigenvalue weighted by Gasteiger charge is -2.39. The van der Waals surface area contributed by atoms with Crippen LogP contribution in [0.4, 0.5) is 5.69 Å². The van der Waals surface area contributed by atoms with E-state index in [-0.39, 0.29) is 36.9 Å². The van der Waals surface area contributed by atoms with Gasteiger partial charge in [-0.2, -0.15) is 0 Å². The molecule has 6 atom stereocenters. The molecule has 39 heavy (non-hydrogen) atoms. The summed E-state index contributed by atoms with van der Waals surface area (Å²) < 4.78 is 12.1. The number of fused-ring (bicyclic) bond motifs is 1. The van der Waals surface area contributed by atoms with E-state index < -0.39 is 35.6 Å². The summed E-state index contributed by atoms with van der Waals surface area (Å²) in [7, 11) is 0. The maximum Gasteiger partial charge on any atom is 0.248 e. The van der Waals surface area contributed by atoms with E-state index in [4.69, 9.17) is 9.47 Å². The summed E-state index contributed by atoms with van der Waals surface area (Å²) in [5, 5.41) is 10.1. The van der Waals surface area contributed by atoms with Gasteiger partial charge in [-0.3, -0.25) is 14.4 Å². The van der Waals surface area contributed by atoms with Crippen LogP contribution >= 0.6 is 0 Å². The van der Waals surface area contributed by atoms with Crippen molar-refractivity contribution in [3.63, 3.8) is 0 Å². The molecule has 212 valence electrons. The van der Waals surface area contributed by atoms with Gasteiger partial charge in [-0.05, 0) is 64.8 Å². The first-order chi connectivity index (χ1) is 18.7. The van der Waals surface area contributed by atoms with Crippen molar-refractivity contribution in [3.8, 4) is 5.75 Å². The molecule has 0 saturated carbocycles. The molecule has 2 bridgehead atoms. The van der Waals surface area contributed by atoms with Crippen LogP contribution in [0.25, 0.3) is 0 Å². The van der Waals surface area contributed by atoms with Crippen LogP contribution in [0.5, 0.6) is 5.75 Å². The molecular weight excluding hydrogens is 498 g/mol. The number of nitrogens with zero attached hydrogens (tertiary/aromatic N) is 3. The minimum Gasteiger partial charge on any atom is -0.494 e. The second-order valence-electron chi connectivity index (χ2n) is 10.9. The Morgan fingerprint density at radius 1 is 1.18 bits per heavy atom. The Morgan fingerprint density at radius 3 is 2.41 bits per heavy atom. The van der Waals surface area contributed by atoms with Gasteiger partial charge < -0.3 is 29.3 Å². The van der Waals surface area contributed by atoms with Crippen LogP contribution in [0, 0.1) is 11.8 Å². The van der Waals surface area contributed by atoms with E-state index >= 15 is 0 Å². The zero-order valence-corrected chi connectivity index (χ0v) is 23.4. The smallest absolute Gasteiger partial charge is 0.248 e. The number of anilines is 1. The van der Waals surface area contributed by atoms with Crippen molar-refractivity contribution in [1.82, 2.24) is 9.80 Å². The fraction of sp³-hybridized carbons (Fsp3) is 0.567. The van der Waals surface area contributed by atoms with Crippen LogP contribution in [0.1, 0.15) is 40.5 Å². The van der Waals surface area contributed by atoms with Gasteiger partial charge in [0.25, 0.3) is 0 Å². The summed E-state index contributed by atoms with van der Waals surface area (Å²) in [6, 6.07) is 5.57. The van der Waals surface area contributed by atoms with Crippen LogP contribution in [-0.4, -0.2) is 88.8 Å². The molecule has 1 aromatic rings. The molecule has 1 N–H and O–H groups in total. The van der Waals surface area contributed by atoms with Crippen LogP contribution in [0.2, 0.25) is 0 Å². The molecule has 3 saturated heterocycles. The minimum absolute atomic E-state index is 0.133. The van der Waals surface area contributed by atoms with Gasteiger partial charge in [0.1, 0.15) is 17.4 Å². The molecule has 0 radical (unpaired) electrons. The van der Waals surface area contributed by atoms with Gasteiger partial charge in [-0.1, -0.05) is 12.2 Å². The number of carbonyl (C=O) groups excluding carboxylic acids is 3. The Bertz CT molecular complexity index is 1100. The predicted octanol–water partition coefficient (Wildman–Crippen LogP) is 2.78. The van der Waals surface area contributed by atoms with Gasteiger partial charge in [0, 0.05) is 24.8 Å². The van der Waals surface area contributed by atoms with E-state index in [2.05, 4.69) is 13.2 Å². The van der Waals surface area contributed by atoms with Crippen LogP contribution in [0.15, 0.2) is 49.6 Å². The molecule has 9 heteroatoms. The van der Waals surface area contributed by atoms with Crippen molar-refractivity contribution in [2.45, 2.75) is 70.4 Å². The van der Waals surface area contributed by atoms with E-state index in [0.29, 0.717) is 37.4 Å². The molecule has 3 fully saturated rings. The molecule has 1 aromatic carbocycles. The minimum atomic E-state index is -1.13. The second-order valence-corrected chi connectivity index (χ2v) is 10.9. The summed E-state index contributed by atoms with van der Waals surface area (Å²) >= 11 is 0. The number of hydrogen-bond acceptors (Lipinski definition) is 6. The van der Waals surface area contributed by atoms with Gasteiger partial charge in [0.2, 0.25) is 17.7 Å². The Kier molecular flexibility index (Phi) is 8.51. The summed E-state index contributed by atoms with van der Waals surface area (Å²) in [5.41, 5.74) is -0.467. The third-order valence-electron chi connectivity index (χ3n) is 8.27. The average Bonchev–Trinajstić information content (AvgIpc) is 3.57. The zero-order chi connectivity index (χ0) is 28.5. The van der Waals surface area contributed by atoms with E-state index in [9.17, 15) is 19.5 Å². The predicted molar refractivity (Wildman–Crippen MR) is 148 cm³/mol. The summed E-state index contributed by atoms with van der Waals surface area (Å²) in [6.45, 7) is 15.9. The summed E-state index contributed by atoms with van der Waals surface area (Å²) in [6.07, 6.45) is 3.90. The van der Waals surface area contributed by atoms with Crippen LogP contribution < -0.4 is 9.64 Å². The number of likely N-dealkylation sites (tertiary alicyclic amines) is 1. The number of amides is 3. The number of rotatable bonds is 12. The van der Waals surface area contributed by atoms with Crippen molar-refractivity contribution < 1.29 is 29.0 Å². The number of hydrogen-bond donors (Lipinski definition) is 1. The molecule has 1 spiro atoms. The Hall–Kier alpha value is -3.17. The average molecular weight is 540 g/mol. The zero-order valence-electron chi connectivity index (χ0n) is 23.4. The molecule has 4 rings (SSSR count). The highest BCUT2D eigenvalue weighted by molar-refractivity contribution is 6.03. The molecular formula is C30H41N3O6. The molecule has 2 unspecified atom stereocenters. The first-order valence-electron chi connectivity index (χ1n) is 13.8. The Morgan fingerprint density at radius 2 is 1.85 bits per heavy atom. The van der Waals surface area contributed by atoms with Crippen molar-refractivity contribution in [3.05, 3.63) is 49.6 Å². The molecule has 0 aromatic heterocycles. The first-order valence-corrected chi connectivity index (χ1v) is 13.8. The van der Waals surface area contributed by atoms with Crippen molar-refractivity contribution in [2.75, 3.05) is 31.2 Å². The summed E-state index contributed by atoms with van der Waals surface area (Å²) in [5.74, 6) is -1.67. The monoisotopic (exact) mass is 539 g/mol. The molecule has 9 nitrogen and oxygen atoms in total. The standard InChI is InChI=1S/C30H41N3O6/c1-7-16-31(19(4)5)29(37)26-30-15-14-23(39-30)24(25(30)28(36)33(26)20(6)18-34)27(35)32(17-8-2)21-10-12-22(13-11-21)38-9-3/h7-8,10-13,19-20,23-26,34H,1-2,9,14-18H2,3-6H3/t20-,23-,24+,25+,26?,30?/m1/s1. The fourth-order valence-electron chi connectivity index (χ4n) is 6.59. The normalized spacial score (nSPS) is 27.8. The van der Waals surface area contributed by atoms with Crippen LogP contribution in [-0.2, 0) is 19.1 Å². The topological polar surface area (TPSA) is 99.6 Å². The first kappa shape index (κ1) is 28.8. The van der Waals surface area contributed by atoms with Crippen molar-refractivity contribution in [1.29, 1.82) is 0 Å². The number of carbonyl (C=O) groups is 3. The van der Waals surface area contributed by atoms with Gasteiger partial charge in [-0.15, -0.1) is 13.2 Å². The number of aliphatic hydroxyl groups excluding tert-OH is 1. The Balaban J connectivity index is 1.74. The van der Waals surface area contributed by atoms with Gasteiger partial charge in [0.15, 0.2) is 0 Å². The van der Waals surface area contributed by atoms with E-state index in [1.54, 1.807) is 41.0 Å². The maximum atomic E-state index is 14.2. The highest BCUT2D eigenvalue weighted by atomic mass is 16.5. The quantitative estimate of drug-likeness (QED) is 0.410. The highest BCUT2D eigenvalue weighted by Gasteiger charge is 2.75. The molecule has 3 aliphatic heterocycles. The Labute approximate surface area is 231 Å². The van der Waals surface area contributed by atoms with Gasteiger partial charge in [-0.25, -0.2) is 0 Å². The number of aliphatic hydroxyl groups is 1. The number of benzene rings is 1. The second kappa shape index (κ2) is 11.5. The van der Waals surface area contributed by atoms with E-state index in [1.807, 2.05) is 32.9 Å². The summed E-state index contributed by atoms with van der Waals surface area (Å²) in [4.78, 5) is 47.2. The fourth-order valence-corrected chi connectivity index (χ4v) is 6.59. The van der Waals surface area contributed by atoms with Crippen molar-refractivity contribution in [2.24, 2.45) is 11.8 Å². The van der Waals surface area contributed by atoms with Gasteiger partial charge >= 0.3 is 0 Å². The van der Waals surface area contributed by atoms with Crippen molar-refractivity contribution >= 4 is 23.4 Å². The molecule has 3 amide bonds. The van der Waals surface area contributed by atoms with Gasteiger partial charge in [0.05, 0.1) is 37.2 Å². The highest BCUT2D eigenvalue weighted by Crippen LogP contribution is 2.59. The third kappa shape index (κ3) is 4.76. The molecule has 0 aliphatic carbocycles. The molecule has 3 aliphatic rings. The van der Waals surface area contributed by atoms with E-state index in [0.717, 1.165) is 0 Å².